The maximum Gasteiger partial charge on any atom is 0.217 e. The van der Waals surface area contributed by atoms with E-state index in [0.29, 0.717) is 24.5 Å². The number of ether oxygens (including phenoxy) is 1. The second kappa shape index (κ2) is 6.29. The molecule has 1 aromatic carbocycles. The van der Waals surface area contributed by atoms with E-state index in [2.05, 4.69) is 10.3 Å². The van der Waals surface area contributed by atoms with Crippen LogP contribution in [0.15, 0.2) is 36.5 Å². The first-order chi connectivity index (χ1) is 9.20. The zero-order valence-corrected chi connectivity index (χ0v) is 11.1. The molecule has 0 spiro atoms. The Kier molecular flexibility index (Phi) is 4.47. The third kappa shape index (κ3) is 3.51. The number of methoxy groups -OCH3 is 1. The van der Waals surface area contributed by atoms with Gasteiger partial charge in [0.2, 0.25) is 5.88 Å². The number of nitrogens with one attached hydrogen (secondary N) is 1. The molecule has 0 aliphatic rings. The molecular formula is C15H17FN2O. The van der Waals surface area contributed by atoms with Gasteiger partial charge in [-0.15, -0.1) is 0 Å². The summed E-state index contributed by atoms with van der Waals surface area (Å²) in [6.45, 7) is 3.11. The zero-order valence-electron chi connectivity index (χ0n) is 11.1. The van der Waals surface area contributed by atoms with Crippen LogP contribution in [-0.2, 0) is 13.1 Å². The number of halogens is 1. The van der Waals surface area contributed by atoms with Crippen LogP contribution in [0.2, 0.25) is 0 Å². The monoisotopic (exact) mass is 260 g/mol. The van der Waals surface area contributed by atoms with Crippen LogP contribution in [0.25, 0.3) is 0 Å². The Labute approximate surface area is 112 Å². The van der Waals surface area contributed by atoms with Crippen molar-refractivity contribution in [3.8, 4) is 5.88 Å². The molecule has 100 valence electrons. The van der Waals surface area contributed by atoms with Crippen molar-refractivity contribution in [1.29, 1.82) is 0 Å². The number of aryl methyl sites for hydroxylation is 1. The Morgan fingerprint density at radius 1 is 1.26 bits per heavy atom. The standard InChI is InChI=1S/C15H17FN2O/c1-11-8-12(5-6-14(11)16)9-17-10-13-4-3-7-18-15(13)19-2/h3-8,17H,9-10H2,1-2H3. The molecule has 0 saturated heterocycles. The third-order valence-corrected chi connectivity index (χ3v) is 2.91. The lowest BCUT2D eigenvalue weighted by molar-refractivity contribution is 0.390. The minimum Gasteiger partial charge on any atom is -0.481 e. The Balaban J connectivity index is 1.94. The first kappa shape index (κ1) is 13.5. The van der Waals surface area contributed by atoms with Gasteiger partial charge < -0.3 is 10.1 Å². The summed E-state index contributed by atoms with van der Waals surface area (Å²) in [6.07, 6.45) is 1.70. The Hall–Kier alpha value is -1.94. The minimum absolute atomic E-state index is 0.169. The summed E-state index contributed by atoms with van der Waals surface area (Å²) in [6, 6.07) is 8.98. The third-order valence-electron chi connectivity index (χ3n) is 2.91. The quantitative estimate of drug-likeness (QED) is 0.897. The van der Waals surface area contributed by atoms with Gasteiger partial charge in [-0.25, -0.2) is 9.37 Å². The molecule has 19 heavy (non-hydrogen) atoms. The van der Waals surface area contributed by atoms with Crippen molar-refractivity contribution in [2.24, 2.45) is 0 Å². The first-order valence-electron chi connectivity index (χ1n) is 6.14. The molecule has 0 bridgehead atoms. The summed E-state index contributed by atoms with van der Waals surface area (Å²) >= 11 is 0. The van der Waals surface area contributed by atoms with Crippen molar-refractivity contribution in [2.75, 3.05) is 7.11 Å². The topological polar surface area (TPSA) is 34.1 Å². The van der Waals surface area contributed by atoms with E-state index in [-0.39, 0.29) is 5.82 Å². The lowest BCUT2D eigenvalue weighted by atomic mass is 10.1. The molecule has 0 atom stereocenters. The molecular weight excluding hydrogens is 243 g/mol. The van der Waals surface area contributed by atoms with Crippen molar-refractivity contribution in [1.82, 2.24) is 10.3 Å². The molecule has 4 heteroatoms. The molecule has 0 aliphatic heterocycles. The van der Waals surface area contributed by atoms with Crippen molar-refractivity contribution in [3.05, 3.63) is 59.0 Å². The average molecular weight is 260 g/mol. The second-order valence-electron chi connectivity index (χ2n) is 4.36. The average Bonchev–Trinajstić information content (AvgIpc) is 2.43. The Bertz CT molecular complexity index is 558. The Morgan fingerprint density at radius 2 is 2.11 bits per heavy atom. The van der Waals surface area contributed by atoms with Gasteiger partial charge in [0.1, 0.15) is 5.82 Å². The molecule has 2 aromatic rings. The molecule has 0 radical (unpaired) electrons. The van der Waals surface area contributed by atoms with Crippen LogP contribution in [0, 0.1) is 12.7 Å². The maximum absolute atomic E-state index is 13.1. The predicted molar refractivity (Wildman–Crippen MR) is 72.5 cm³/mol. The zero-order chi connectivity index (χ0) is 13.7. The number of aromatic nitrogens is 1. The van der Waals surface area contributed by atoms with Gasteiger partial charge in [-0.05, 0) is 30.2 Å². The Morgan fingerprint density at radius 3 is 2.84 bits per heavy atom. The number of nitrogens with zero attached hydrogens (tertiary/aromatic N) is 1. The van der Waals surface area contributed by atoms with Crippen LogP contribution >= 0.6 is 0 Å². The van der Waals surface area contributed by atoms with Gasteiger partial charge in [0.15, 0.2) is 0 Å². The van der Waals surface area contributed by atoms with Gasteiger partial charge in [-0.1, -0.05) is 18.2 Å². The van der Waals surface area contributed by atoms with Gasteiger partial charge in [-0.3, -0.25) is 0 Å². The summed E-state index contributed by atoms with van der Waals surface area (Å²) < 4.78 is 18.3. The van der Waals surface area contributed by atoms with Gasteiger partial charge in [0.25, 0.3) is 0 Å². The highest BCUT2D eigenvalue weighted by molar-refractivity contribution is 5.26. The van der Waals surface area contributed by atoms with E-state index >= 15 is 0 Å². The number of rotatable bonds is 5. The molecule has 0 saturated carbocycles. The van der Waals surface area contributed by atoms with Crippen molar-refractivity contribution < 1.29 is 9.13 Å². The molecule has 2 rings (SSSR count). The number of hydrogen-bond donors (Lipinski definition) is 1. The summed E-state index contributed by atoms with van der Waals surface area (Å²) in [4.78, 5) is 4.14. The predicted octanol–water partition coefficient (Wildman–Crippen LogP) is 2.83. The molecule has 0 aliphatic carbocycles. The van der Waals surface area contributed by atoms with Gasteiger partial charge in [-0.2, -0.15) is 0 Å². The first-order valence-corrected chi connectivity index (χ1v) is 6.14. The highest BCUT2D eigenvalue weighted by atomic mass is 19.1. The van der Waals surface area contributed by atoms with E-state index in [0.717, 1.165) is 11.1 Å². The van der Waals surface area contributed by atoms with E-state index < -0.39 is 0 Å². The molecule has 0 unspecified atom stereocenters. The van der Waals surface area contributed by atoms with Gasteiger partial charge in [0.05, 0.1) is 7.11 Å². The van der Waals surface area contributed by atoms with E-state index in [1.54, 1.807) is 26.3 Å². The number of benzene rings is 1. The summed E-state index contributed by atoms with van der Waals surface area (Å²) in [5, 5.41) is 3.30. The fraction of sp³-hybridized carbons (Fsp3) is 0.267. The lowest BCUT2D eigenvalue weighted by Gasteiger charge is -2.09. The SMILES string of the molecule is COc1ncccc1CNCc1ccc(F)c(C)c1. The van der Waals surface area contributed by atoms with E-state index in [1.807, 2.05) is 18.2 Å². The molecule has 1 heterocycles. The van der Waals surface area contributed by atoms with Gasteiger partial charge in [0, 0.05) is 24.8 Å². The van der Waals surface area contributed by atoms with E-state index in [9.17, 15) is 4.39 Å². The van der Waals surface area contributed by atoms with Crippen LogP contribution in [-0.4, -0.2) is 12.1 Å². The summed E-state index contributed by atoms with van der Waals surface area (Å²) in [5.74, 6) is 0.461. The fourth-order valence-electron chi connectivity index (χ4n) is 1.90. The molecule has 1 aromatic heterocycles. The number of hydrogen-bond acceptors (Lipinski definition) is 3. The largest absolute Gasteiger partial charge is 0.481 e. The second-order valence-corrected chi connectivity index (χ2v) is 4.36. The van der Waals surface area contributed by atoms with Crippen molar-refractivity contribution in [3.63, 3.8) is 0 Å². The van der Waals surface area contributed by atoms with Crippen LogP contribution in [0.4, 0.5) is 4.39 Å². The molecule has 0 fully saturated rings. The van der Waals surface area contributed by atoms with Crippen LogP contribution in [0.3, 0.4) is 0 Å². The van der Waals surface area contributed by atoms with Crippen molar-refractivity contribution in [2.45, 2.75) is 20.0 Å². The lowest BCUT2D eigenvalue weighted by Crippen LogP contribution is -2.14. The fourth-order valence-corrected chi connectivity index (χ4v) is 1.90. The molecule has 3 nitrogen and oxygen atoms in total. The smallest absolute Gasteiger partial charge is 0.217 e. The molecule has 0 amide bonds. The van der Waals surface area contributed by atoms with Crippen molar-refractivity contribution >= 4 is 0 Å². The summed E-state index contributed by atoms with van der Waals surface area (Å²) in [5.41, 5.74) is 2.73. The van der Waals surface area contributed by atoms with Crippen LogP contribution in [0.1, 0.15) is 16.7 Å². The summed E-state index contributed by atoms with van der Waals surface area (Å²) in [7, 11) is 1.61. The minimum atomic E-state index is -0.169. The van der Waals surface area contributed by atoms with Gasteiger partial charge >= 0.3 is 0 Å². The highest BCUT2D eigenvalue weighted by Crippen LogP contribution is 2.13. The molecule has 1 N–H and O–H groups in total. The highest BCUT2D eigenvalue weighted by Gasteiger charge is 2.03. The van der Waals surface area contributed by atoms with E-state index in [1.165, 1.54) is 6.07 Å². The normalized spacial score (nSPS) is 10.5. The number of pyridine rings is 1. The van der Waals surface area contributed by atoms with E-state index in [4.69, 9.17) is 4.74 Å². The van der Waals surface area contributed by atoms with Crippen LogP contribution in [0.5, 0.6) is 5.88 Å². The maximum atomic E-state index is 13.1. The van der Waals surface area contributed by atoms with Crippen LogP contribution < -0.4 is 10.1 Å².